The average molecular weight is 441 g/mol. The number of halogens is 3. The van der Waals surface area contributed by atoms with Gasteiger partial charge in [0.05, 0.1) is 19.2 Å². The van der Waals surface area contributed by atoms with Gasteiger partial charge < -0.3 is 20.3 Å². The third-order valence-corrected chi connectivity index (χ3v) is 5.92. The van der Waals surface area contributed by atoms with Crippen molar-refractivity contribution in [3.63, 3.8) is 0 Å². The molecule has 1 aliphatic heterocycles. The van der Waals surface area contributed by atoms with E-state index in [0.29, 0.717) is 25.6 Å². The molecule has 31 heavy (non-hydrogen) atoms. The SMILES string of the molecule is CCNC(=NCc1ccc(OC)cc1C(F)(F)F)NC1CCN(C(=O)C2CCCC2)C1. The van der Waals surface area contributed by atoms with E-state index in [0.717, 1.165) is 38.2 Å². The third kappa shape index (κ3) is 6.04. The molecule has 1 aromatic carbocycles. The molecule has 172 valence electrons. The second-order valence-electron chi connectivity index (χ2n) is 8.11. The van der Waals surface area contributed by atoms with Crippen LogP contribution in [0.5, 0.6) is 5.75 Å². The third-order valence-electron chi connectivity index (χ3n) is 5.92. The molecule has 3 rings (SSSR count). The Kier molecular flexibility index (Phi) is 7.67. The number of methoxy groups -OCH3 is 1. The van der Waals surface area contributed by atoms with Crippen LogP contribution in [-0.2, 0) is 17.5 Å². The Hall–Kier alpha value is -2.45. The van der Waals surface area contributed by atoms with Crippen molar-refractivity contribution in [2.24, 2.45) is 10.9 Å². The van der Waals surface area contributed by atoms with Gasteiger partial charge in [0.1, 0.15) is 5.75 Å². The number of carbonyl (C=O) groups is 1. The van der Waals surface area contributed by atoms with E-state index in [1.54, 1.807) is 0 Å². The van der Waals surface area contributed by atoms with Crippen LogP contribution in [-0.4, -0.2) is 49.6 Å². The predicted molar refractivity (Wildman–Crippen MR) is 113 cm³/mol. The first-order chi connectivity index (χ1) is 14.8. The Balaban J connectivity index is 1.65. The van der Waals surface area contributed by atoms with Crippen molar-refractivity contribution in [3.8, 4) is 5.75 Å². The Morgan fingerprint density at radius 1 is 1.26 bits per heavy atom. The maximum Gasteiger partial charge on any atom is 0.416 e. The Morgan fingerprint density at radius 2 is 2.00 bits per heavy atom. The highest BCUT2D eigenvalue weighted by atomic mass is 19.4. The summed E-state index contributed by atoms with van der Waals surface area (Å²) in [7, 11) is 1.34. The molecule has 1 aromatic rings. The normalized spacial score (nSPS) is 20.2. The number of alkyl halides is 3. The van der Waals surface area contributed by atoms with E-state index >= 15 is 0 Å². The van der Waals surface area contributed by atoms with Crippen molar-refractivity contribution in [3.05, 3.63) is 29.3 Å². The molecule has 2 fully saturated rings. The van der Waals surface area contributed by atoms with Crippen LogP contribution in [0.15, 0.2) is 23.2 Å². The first kappa shape index (κ1) is 23.2. The molecular weight excluding hydrogens is 409 g/mol. The predicted octanol–water partition coefficient (Wildman–Crippen LogP) is 3.56. The van der Waals surface area contributed by atoms with E-state index in [-0.39, 0.29) is 35.7 Å². The highest BCUT2D eigenvalue weighted by molar-refractivity contribution is 5.81. The summed E-state index contributed by atoms with van der Waals surface area (Å²) in [6.45, 7) is 3.65. The van der Waals surface area contributed by atoms with Gasteiger partial charge in [0.2, 0.25) is 5.91 Å². The van der Waals surface area contributed by atoms with Gasteiger partial charge >= 0.3 is 6.18 Å². The van der Waals surface area contributed by atoms with Crippen LogP contribution in [0.4, 0.5) is 13.2 Å². The number of amides is 1. The summed E-state index contributed by atoms with van der Waals surface area (Å²) in [5.74, 6) is 0.989. The second kappa shape index (κ2) is 10.2. The van der Waals surface area contributed by atoms with Crippen LogP contribution in [0.2, 0.25) is 0 Å². The first-order valence-corrected chi connectivity index (χ1v) is 10.9. The van der Waals surface area contributed by atoms with Crippen LogP contribution in [0.1, 0.15) is 50.2 Å². The number of benzene rings is 1. The molecule has 2 aliphatic rings. The number of ether oxygens (including phenoxy) is 1. The number of nitrogens with one attached hydrogen (secondary N) is 2. The van der Waals surface area contributed by atoms with Crippen molar-refractivity contribution in [1.29, 1.82) is 0 Å². The second-order valence-corrected chi connectivity index (χ2v) is 8.11. The maximum atomic E-state index is 13.4. The number of carbonyl (C=O) groups excluding carboxylic acids is 1. The lowest BCUT2D eigenvalue weighted by Gasteiger charge is -2.21. The molecule has 1 atom stereocenters. The molecule has 1 saturated heterocycles. The quantitative estimate of drug-likeness (QED) is 0.525. The maximum absolute atomic E-state index is 13.4. The number of guanidine groups is 1. The number of nitrogens with zero attached hydrogens (tertiary/aromatic N) is 2. The van der Waals surface area contributed by atoms with Crippen molar-refractivity contribution >= 4 is 11.9 Å². The topological polar surface area (TPSA) is 66.0 Å². The van der Waals surface area contributed by atoms with E-state index < -0.39 is 11.7 Å². The molecule has 1 unspecified atom stereocenters. The van der Waals surface area contributed by atoms with E-state index in [9.17, 15) is 18.0 Å². The molecule has 0 radical (unpaired) electrons. The Bertz CT molecular complexity index is 791. The monoisotopic (exact) mass is 440 g/mol. The fraction of sp³-hybridized carbons (Fsp3) is 0.636. The van der Waals surface area contributed by atoms with Gasteiger partial charge in [0.15, 0.2) is 5.96 Å². The number of hydrogen-bond donors (Lipinski definition) is 2. The van der Waals surface area contributed by atoms with Gasteiger partial charge in [0.25, 0.3) is 0 Å². The summed E-state index contributed by atoms with van der Waals surface area (Å²) >= 11 is 0. The van der Waals surface area contributed by atoms with Crippen molar-refractivity contribution in [2.45, 2.75) is 57.8 Å². The summed E-state index contributed by atoms with van der Waals surface area (Å²) in [6.07, 6.45) is 0.488. The molecule has 1 saturated carbocycles. The minimum Gasteiger partial charge on any atom is -0.497 e. The van der Waals surface area contributed by atoms with Gasteiger partial charge in [-0.3, -0.25) is 4.79 Å². The van der Waals surface area contributed by atoms with Crippen molar-refractivity contribution in [2.75, 3.05) is 26.7 Å². The molecule has 2 N–H and O–H groups in total. The molecule has 0 aromatic heterocycles. The van der Waals surface area contributed by atoms with Gasteiger partial charge in [-0.25, -0.2) is 4.99 Å². The van der Waals surface area contributed by atoms with E-state index in [4.69, 9.17) is 4.74 Å². The largest absolute Gasteiger partial charge is 0.497 e. The Morgan fingerprint density at radius 3 is 2.65 bits per heavy atom. The lowest BCUT2D eigenvalue weighted by molar-refractivity contribution is -0.138. The standard InChI is InChI=1S/C22H31F3N4O2/c1-3-26-21(27-13-16-8-9-18(31-2)12-19(16)22(23,24)25)28-17-10-11-29(14-17)20(30)15-6-4-5-7-15/h8-9,12,15,17H,3-7,10-11,13-14H2,1-2H3,(H2,26,27,28). The van der Waals surface area contributed by atoms with Gasteiger partial charge in [-0.1, -0.05) is 18.9 Å². The first-order valence-electron chi connectivity index (χ1n) is 10.9. The minimum absolute atomic E-state index is 0.0288. The van der Waals surface area contributed by atoms with Crippen LogP contribution >= 0.6 is 0 Å². The smallest absolute Gasteiger partial charge is 0.416 e. The average Bonchev–Trinajstić information content (AvgIpc) is 3.43. The molecule has 1 aliphatic carbocycles. The fourth-order valence-corrected chi connectivity index (χ4v) is 4.27. The minimum atomic E-state index is -4.49. The number of hydrogen-bond acceptors (Lipinski definition) is 3. The van der Waals surface area contributed by atoms with Crippen LogP contribution < -0.4 is 15.4 Å². The van der Waals surface area contributed by atoms with E-state index in [1.165, 1.54) is 19.2 Å². The van der Waals surface area contributed by atoms with Crippen molar-refractivity contribution in [1.82, 2.24) is 15.5 Å². The van der Waals surface area contributed by atoms with E-state index in [1.807, 2.05) is 11.8 Å². The Labute approximate surface area is 181 Å². The van der Waals surface area contributed by atoms with E-state index in [2.05, 4.69) is 15.6 Å². The fourth-order valence-electron chi connectivity index (χ4n) is 4.27. The summed E-state index contributed by atoms with van der Waals surface area (Å²) in [5.41, 5.74) is -0.671. The summed E-state index contributed by atoms with van der Waals surface area (Å²) in [5, 5.41) is 6.37. The highest BCUT2D eigenvalue weighted by Crippen LogP contribution is 2.34. The van der Waals surface area contributed by atoms with Gasteiger partial charge in [-0.15, -0.1) is 0 Å². The lowest BCUT2D eigenvalue weighted by Crippen LogP contribution is -2.45. The van der Waals surface area contributed by atoms with Gasteiger partial charge in [-0.05, 0) is 43.9 Å². The zero-order valence-corrected chi connectivity index (χ0v) is 18.1. The molecule has 6 nitrogen and oxygen atoms in total. The molecular formula is C22H31F3N4O2. The zero-order chi connectivity index (χ0) is 22.4. The molecule has 1 heterocycles. The number of likely N-dealkylation sites (tertiary alicyclic amines) is 1. The number of aliphatic imine (C=N–C) groups is 1. The molecule has 9 heteroatoms. The number of rotatable bonds is 6. The molecule has 0 spiro atoms. The van der Waals surface area contributed by atoms with Gasteiger partial charge in [0, 0.05) is 31.6 Å². The summed E-state index contributed by atoms with van der Waals surface area (Å²) < 4.78 is 45.2. The van der Waals surface area contributed by atoms with Crippen LogP contribution in [0.25, 0.3) is 0 Å². The molecule has 1 amide bonds. The zero-order valence-electron chi connectivity index (χ0n) is 18.1. The van der Waals surface area contributed by atoms with Crippen molar-refractivity contribution < 1.29 is 22.7 Å². The lowest BCUT2D eigenvalue weighted by atomic mass is 10.1. The van der Waals surface area contributed by atoms with Crippen LogP contribution in [0, 0.1) is 5.92 Å². The summed E-state index contributed by atoms with van der Waals surface area (Å²) in [6, 6.07) is 3.92. The summed E-state index contributed by atoms with van der Waals surface area (Å²) in [4.78, 5) is 18.9. The van der Waals surface area contributed by atoms with Gasteiger partial charge in [-0.2, -0.15) is 13.2 Å². The molecule has 0 bridgehead atoms. The highest BCUT2D eigenvalue weighted by Gasteiger charge is 2.34. The van der Waals surface area contributed by atoms with Crippen LogP contribution in [0.3, 0.4) is 0 Å².